The van der Waals surface area contributed by atoms with Crippen molar-refractivity contribution in [3.8, 4) is 11.5 Å². The summed E-state index contributed by atoms with van der Waals surface area (Å²) in [6, 6.07) is 22.0. The number of hydrogen-bond acceptors (Lipinski definition) is 5. The van der Waals surface area contributed by atoms with Gasteiger partial charge in [-0.3, -0.25) is 14.4 Å². The number of ether oxygens (including phenoxy) is 2. The number of carbonyl (C=O) groups is 3. The third-order valence-corrected chi connectivity index (χ3v) is 6.92. The highest BCUT2D eigenvalue weighted by Gasteiger charge is 2.42. The first kappa shape index (κ1) is 30.7. The lowest BCUT2D eigenvalue weighted by molar-refractivity contribution is -0.120. The number of alkyl halides is 2. The molecule has 3 aromatic rings. The Balaban J connectivity index is 0.000000230. The maximum atomic E-state index is 12.1. The molecule has 40 heavy (non-hydrogen) atoms. The normalized spacial score (nSPS) is 12.9. The average Bonchev–Trinajstić information content (AvgIpc) is 3.24. The van der Waals surface area contributed by atoms with Crippen LogP contribution in [-0.2, 0) is 10.2 Å². The van der Waals surface area contributed by atoms with Crippen molar-refractivity contribution < 1.29 is 32.6 Å². The number of fused-ring (bicyclic) bond motifs is 1. The summed E-state index contributed by atoms with van der Waals surface area (Å²) < 4.78 is 34.8. The molecule has 5 nitrogen and oxygen atoms in total. The third-order valence-electron chi connectivity index (χ3n) is 6.92. The number of unbranched alkanes of at least 4 members (excludes halogenated alkanes) is 1. The van der Waals surface area contributed by atoms with Gasteiger partial charge in [-0.15, -0.1) is 0 Å². The molecule has 0 aromatic heterocycles. The van der Waals surface area contributed by atoms with Crippen LogP contribution in [0.1, 0.15) is 71.9 Å². The molecule has 0 fully saturated rings. The summed E-state index contributed by atoms with van der Waals surface area (Å²) >= 11 is 0. The van der Waals surface area contributed by atoms with E-state index in [1.807, 2.05) is 55.5 Å². The van der Waals surface area contributed by atoms with Crippen molar-refractivity contribution in [3.63, 3.8) is 0 Å². The van der Waals surface area contributed by atoms with Crippen LogP contribution >= 0.6 is 0 Å². The molecule has 4 rings (SSSR count). The van der Waals surface area contributed by atoms with Crippen LogP contribution in [0.5, 0.6) is 11.5 Å². The van der Waals surface area contributed by atoms with Crippen LogP contribution in [0.25, 0.3) is 0 Å². The Morgan fingerprint density at radius 2 is 1.18 bits per heavy atom. The molecule has 0 saturated heterocycles. The fourth-order valence-corrected chi connectivity index (χ4v) is 4.55. The Kier molecular flexibility index (Phi) is 11.1. The van der Waals surface area contributed by atoms with E-state index in [4.69, 9.17) is 9.47 Å². The highest BCUT2D eigenvalue weighted by molar-refractivity contribution is 6.35. The van der Waals surface area contributed by atoms with E-state index in [2.05, 4.69) is 13.8 Å². The summed E-state index contributed by atoms with van der Waals surface area (Å²) in [5.74, 6) is -0.634. The standard InChI is InChI=1S/C19H22F2O2.C14H14O3/c1-19(2,15-3-7-17(8-4-15)22-13-11-20)16-5-9-18(10-6-16)23-14-12-21;1-2-3-8-11(15)12-13(16)9-6-4-5-7-10(9)14(12)17/h3-10H,11-14H2,1-2H3;4-7,12H,2-3,8H2,1H3. The summed E-state index contributed by atoms with van der Waals surface area (Å²) in [7, 11) is 0. The van der Waals surface area contributed by atoms with Crippen molar-refractivity contribution in [2.75, 3.05) is 26.6 Å². The lowest BCUT2D eigenvalue weighted by Gasteiger charge is -2.26. The largest absolute Gasteiger partial charge is 0.491 e. The second-order valence-corrected chi connectivity index (χ2v) is 10.0. The molecule has 1 aliphatic rings. The molecule has 0 amide bonds. The van der Waals surface area contributed by atoms with Crippen LogP contribution in [0.3, 0.4) is 0 Å². The maximum absolute atomic E-state index is 12.1. The predicted molar refractivity (Wildman–Crippen MR) is 151 cm³/mol. The molecule has 7 heteroatoms. The lowest BCUT2D eigenvalue weighted by Crippen LogP contribution is -2.25. The van der Waals surface area contributed by atoms with Gasteiger partial charge in [0.2, 0.25) is 0 Å². The van der Waals surface area contributed by atoms with Crippen LogP contribution in [0.2, 0.25) is 0 Å². The zero-order valence-electron chi connectivity index (χ0n) is 23.3. The van der Waals surface area contributed by atoms with E-state index in [9.17, 15) is 23.2 Å². The maximum Gasteiger partial charge on any atom is 0.181 e. The number of halogens is 2. The summed E-state index contributed by atoms with van der Waals surface area (Å²) in [5.41, 5.74) is 2.85. The third kappa shape index (κ3) is 7.40. The van der Waals surface area contributed by atoms with Crippen molar-refractivity contribution in [1.82, 2.24) is 0 Å². The number of rotatable bonds is 12. The van der Waals surface area contributed by atoms with Crippen molar-refractivity contribution >= 4 is 17.3 Å². The Labute approximate surface area is 234 Å². The van der Waals surface area contributed by atoms with Crippen LogP contribution < -0.4 is 9.47 Å². The van der Waals surface area contributed by atoms with E-state index in [1.54, 1.807) is 24.3 Å². The molecule has 0 N–H and O–H groups in total. The molecule has 0 spiro atoms. The van der Waals surface area contributed by atoms with Gasteiger partial charge in [-0.1, -0.05) is 75.7 Å². The molecule has 0 bridgehead atoms. The second-order valence-electron chi connectivity index (χ2n) is 10.0. The highest BCUT2D eigenvalue weighted by Crippen LogP contribution is 2.33. The van der Waals surface area contributed by atoms with Gasteiger partial charge in [-0.2, -0.15) is 0 Å². The predicted octanol–water partition coefficient (Wildman–Crippen LogP) is 7.15. The van der Waals surface area contributed by atoms with E-state index < -0.39 is 19.3 Å². The van der Waals surface area contributed by atoms with Gasteiger partial charge in [0.1, 0.15) is 44.0 Å². The van der Waals surface area contributed by atoms with Gasteiger partial charge in [0.05, 0.1) is 0 Å². The SMILES string of the molecule is CC(C)(c1ccc(OCCF)cc1)c1ccc(OCCF)cc1.CCCCC(=O)C1C(=O)c2ccccc2C1=O. The first-order valence-electron chi connectivity index (χ1n) is 13.5. The first-order chi connectivity index (χ1) is 19.2. The molecular formula is C33H36F2O5. The Hall–Kier alpha value is -3.87. The molecular weight excluding hydrogens is 514 g/mol. The lowest BCUT2D eigenvalue weighted by atomic mass is 9.78. The molecule has 212 valence electrons. The van der Waals surface area contributed by atoms with E-state index in [1.165, 1.54) is 0 Å². The van der Waals surface area contributed by atoms with Crippen LogP contribution in [0.15, 0.2) is 72.8 Å². The summed E-state index contributed by atoms with van der Waals surface area (Å²) in [6.45, 7) is 5.38. The van der Waals surface area contributed by atoms with Gasteiger partial charge >= 0.3 is 0 Å². The molecule has 0 unspecified atom stereocenters. The minimum Gasteiger partial charge on any atom is -0.491 e. The van der Waals surface area contributed by atoms with Crippen LogP contribution in [0.4, 0.5) is 8.78 Å². The molecule has 0 aliphatic heterocycles. The van der Waals surface area contributed by atoms with Gasteiger partial charge < -0.3 is 9.47 Å². The quantitative estimate of drug-likeness (QED) is 0.224. The van der Waals surface area contributed by atoms with Gasteiger partial charge in [0.15, 0.2) is 17.3 Å². The highest BCUT2D eigenvalue weighted by atomic mass is 19.1. The number of hydrogen-bond donors (Lipinski definition) is 0. The summed E-state index contributed by atoms with van der Waals surface area (Å²) in [4.78, 5) is 35.8. The molecule has 0 radical (unpaired) electrons. The van der Waals surface area contributed by atoms with Gasteiger partial charge in [-0.05, 0) is 41.8 Å². The zero-order valence-corrected chi connectivity index (χ0v) is 23.3. The zero-order chi connectivity index (χ0) is 29.1. The van der Waals surface area contributed by atoms with E-state index in [0.29, 0.717) is 29.0 Å². The van der Waals surface area contributed by atoms with Crippen molar-refractivity contribution in [2.45, 2.75) is 45.4 Å². The van der Waals surface area contributed by atoms with E-state index in [0.717, 1.165) is 24.0 Å². The average molecular weight is 551 g/mol. The first-order valence-corrected chi connectivity index (χ1v) is 13.5. The van der Waals surface area contributed by atoms with Crippen molar-refractivity contribution in [3.05, 3.63) is 95.1 Å². The van der Waals surface area contributed by atoms with Crippen molar-refractivity contribution in [1.29, 1.82) is 0 Å². The number of benzene rings is 3. The number of Topliss-reactive ketones (excluding diaryl/α,β-unsaturated/α-hetero) is 3. The van der Waals surface area contributed by atoms with Gasteiger partial charge in [0.25, 0.3) is 0 Å². The van der Waals surface area contributed by atoms with Crippen LogP contribution in [-0.4, -0.2) is 43.9 Å². The second kappa shape index (κ2) is 14.5. The fourth-order valence-electron chi connectivity index (χ4n) is 4.55. The molecule has 3 aromatic carbocycles. The fraction of sp³-hybridized carbons (Fsp3) is 0.364. The summed E-state index contributed by atoms with van der Waals surface area (Å²) in [6.07, 6.45) is 1.92. The van der Waals surface area contributed by atoms with E-state index >= 15 is 0 Å². The van der Waals surface area contributed by atoms with E-state index in [-0.39, 0.29) is 36.0 Å². The van der Waals surface area contributed by atoms with Gasteiger partial charge in [-0.25, -0.2) is 8.78 Å². The molecule has 0 saturated carbocycles. The van der Waals surface area contributed by atoms with Crippen LogP contribution in [0, 0.1) is 5.92 Å². The van der Waals surface area contributed by atoms with Gasteiger partial charge in [0, 0.05) is 23.0 Å². The Bertz CT molecular complexity index is 1190. The molecule has 1 aliphatic carbocycles. The Morgan fingerprint density at radius 3 is 1.55 bits per heavy atom. The number of carbonyl (C=O) groups excluding carboxylic acids is 3. The molecule has 0 heterocycles. The summed E-state index contributed by atoms with van der Waals surface area (Å²) in [5, 5.41) is 0. The minimum absolute atomic E-state index is 0.0725. The van der Waals surface area contributed by atoms with Crippen molar-refractivity contribution in [2.24, 2.45) is 5.92 Å². The Morgan fingerprint density at radius 1 is 0.750 bits per heavy atom. The number of ketones is 3. The topological polar surface area (TPSA) is 69.7 Å². The monoisotopic (exact) mass is 550 g/mol. The molecule has 0 atom stereocenters. The smallest absolute Gasteiger partial charge is 0.181 e. The minimum atomic E-state index is -1.07.